The molecule has 2 N–H and O–H groups in total. The molecule has 1 unspecified atom stereocenters. The van der Waals surface area contributed by atoms with Crippen molar-refractivity contribution < 1.29 is 14.6 Å². The Morgan fingerprint density at radius 1 is 1.48 bits per heavy atom. The van der Waals surface area contributed by atoms with Gasteiger partial charge in [-0.25, -0.2) is 4.68 Å². The number of hydrogen-bond acceptors (Lipinski definition) is 4. The van der Waals surface area contributed by atoms with Gasteiger partial charge in [-0.05, 0) is 25.5 Å². The Balaban J connectivity index is 2.17. The normalized spacial score (nSPS) is 13.6. The predicted molar refractivity (Wildman–Crippen MR) is 88.0 cm³/mol. The first-order valence-electron chi connectivity index (χ1n) is 7.21. The molecule has 0 radical (unpaired) electrons. The smallest absolute Gasteiger partial charge is 0.254 e. The van der Waals surface area contributed by atoms with E-state index in [0.29, 0.717) is 29.3 Å². The SMILES string of the molecule is COCC(C)(CCO)NC(=O)c1cnn(-c2ccccc2Cl)c1. The van der Waals surface area contributed by atoms with E-state index in [9.17, 15) is 4.79 Å². The maximum absolute atomic E-state index is 12.4. The highest BCUT2D eigenvalue weighted by Gasteiger charge is 2.27. The number of benzene rings is 1. The van der Waals surface area contributed by atoms with E-state index < -0.39 is 5.54 Å². The van der Waals surface area contributed by atoms with Crippen molar-refractivity contribution in [1.29, 1.82) is 0 Å². The van der Waals surface area contributed by atoms with Crippen molar-refractivity contribution in [2.75, 3.05) is 20.3 Å². The number of aliphatic hydroxyl groups is 1. The molecule has 0 aliphatic carbocycles. The minimum absolute atomic E-state index is 0.0426. The lowest BCUT2D eigenvalue weighted by Gasteiger charge is -2.29. The number of nitrogens with one attached hydrogen (secondary N) is 1. The van der Waals surface area contributed by atoms with Crippen LogP contribution in [0.4, 0.5) is 0 Å². The van der Waals surface area contributed by atoms with Crippen molar-refractivity contribution in [2.24, 2.45) is 0 Å². The number of carbonyl (C=O) groups excluding carboxylic acids is 1. The Kier molecular flexibility index (Phi) is 5.76. The number of ether oxygens (including phenoxy) is 1. The number of methoxy groups -OCH3 is 1. The summed E-state index contributed by atoms with van der Waals surface area (Å²) in [7, 11) is 1.55. The van der Waals surface area contributed by atoms with E-state index in [-0.39, 0.29) is 12.5 Å². The Bertz CT molecular complexity index is 666. The zero-order chi connectivity index (χ0) is 16.9. The van der Waals surface area contributed by atoms with Gasteiger partial charge in [0.25, 0.3) is 5.91 Å². The van der Waals surface area contributed by atoms with Crippen molar-refractivity contribution in [2.45, 2.75) is 18.9 Å². The van der Waals surface area contributed by atoms with Crippen molar-refractivity contribution in [1.82, 2.24) is 15.1 Å². The second-order valence-electron chi connectivity index (χ2n) is 5.55. The Hall–Kier alpha value is -1.89. The maximum atomic E-state index is 12.4. The van der Waals surface area contributed by atoms with Gasteiger partial charge in [0.2, 0.25) is 0 Å². The fraction of sp³-hybridized carbons (Fsp3) is 0.375. The second-order valence-corrected chi connectivity index (χ2v) is 5.95. The number of nitrogens with zero attached hydrogens (tertiary/aromatic N) is 2. The number of aliphatic hydroxyl groups excluding tert-OH is 1. The third-order valence-electron chi connectivity index (χ3n) is 3.49. The predicted octanol–water partition coefficient (Wildman–Crippen LogP) is 2.04. The average Bonchev–Trinajstić information content (AvgIpc) is 2.97. The summed E-state index contributed by atoms with van der Waals surface area (Å²) >= 11 is 6.13. The maximum Gasteiger partial charge on any atom is 0.254 e. The molecule has 0 aliphatic rings. The summed E-state index contributed by atoms with van der Waals surface area (Å²) in [4.78, 5) is 12.4. The van der Waals surface area contributed by atoms with Gasteiger partial charge >= 0.3 is 0 Å². The largest absolute Gasteiger partial charge is 0.396 e. The summed E-state index contributed by atoms with van der Waals surface area (Å²) in [5.41, 5.74) is 0.459. The Morgan fingerprint density at radius 3 is 2.87 bits per heavy atom. The fourth-order valence-corrected chi connectivity index (χ4v) is 2.51. The molecular formula is C16H20ClN3O3. The van der Waals surface area contributed by atoms with Gasteiger partial charge < -0.3 is 15.2 Å². The molecule has 0 saturated carbocycles. The van der Waals surface area contributed by atoms with E-state index in [4.69, 9.17) is 21.4 Å². The van der Waals surface area contributed by atoms with Crippen LogP contribution in [-0.2, 0) is 4.74 Å². The van der Waals surface area contributed by atoms with Gasteiger partial charge in [-0.2, -0.15) is 5.10 Å². The van der Waals surface area contributed by atoms with Crippen molar-refractivity contribution in [3.63, 3.8) is 0 Å². The molecule has 0 fully saturated rings. The third-order valence-corrected chi connectivity index (χ3v) is 3.81. The number of para-hydroxylation sites is 1. The highest BCUT2D eigenvalue weighted by atomic mass is 35.5. The van der Waals surface area contributed by atoms with Crippen molar-refractivity contribution in [3.05, 3.63) is 47.2 Å². The van der Waals surface area contributed by atoms with Crippen molar-refractivity contribution >= 4 is 17.5 Å². The molecule has 124 valence electrons. The highest BCUT2D eigenvalue weighted by Crippen LogP contribution is 2.19. The van der Waals surface area contributed by atoms with Gasteiger partial charge in [-0.1, -0.05) is 23.7 Å². The first-order valence-corrected chi connectivity index (χ1v) is 7.59. The van der Waals surface area contributed by atoms with E-state index in [1.54, 1.807) is 24.1 Å². The van der Waals surface area contributed by atoms with E-state index in [0.717, 1.165) is 0 Å². The molecule has 0 saturated heterocycles. The first-order chi connectivity index (χ1) is 11.0. The number of halogens is 1. The summed E-state index contributed by atoms with van der Waals surface area (Å²) in [6, 6.07) is 7.25. The lowest BCUT2D eigenvalue weighted by Crippen LogP contribution is -2.50. The van der Waals surface area contributed by atoms with Gasteiger partial charge in [0, 0.05) is 19.9 Å². The van der Waals surface area contributed by atoms with E-state index >= 15 is 0 Å². The minimum Gasteiger partial charge on any atom is -0.396 e. The number of rotatable bonds is 7. The summed E-state index contributed by atoms with van der Waals surface area (Å²) in [5, 5.41) is 16.8. The molecule has 1 amide bonds. The topological polar surface area (TPSA) is 76.4 Å². The van der Waals surface area contributed by atoms with Gasteiger partial charge in [0.15, 0.2) is 0 Å². The number of amides is 1. The van der Waals surface area contributed by atoms with Crippen LogP contribution in [0.5, 0.6) is 0 Å². The monoisotopic (exact) mass is 337 g/mol. The molecule has 0 aliphatic heterocycles. The van der Waals surface area contributed by atoms with Gasteiger partial charge in [-0.15, -0.1) is 0 Å². The lowest BCUT2D eigenvalue weighted by molar-refractivity contribution is 0.0725. The van der Waals surface area contributed by atoms with Gasteiger partial charge in [0.05, 0.1) is 34.6 Å². The number of carbonyl (C=O) groups is 1. The first kappa shape index (κ1) is 17.5. The van der Waals surface area contributed by atoms with E-state index in [1.807, 2.05) is 25.1 Å². The number of aromatic nitrogens is 2. The fourth-order valence-electron chi connectivity index (χ4n) is 2.29. The third kappa shape index (κ3) is 4.31. The van der Waals surface area contributed by atoms with Crippen LogP contribution in [0.15, 0.2) is 36.7 Å². The molecule has 1 heterocycles. The Morgan fingerprint density at radius 2 is 2.22 bits per heavy atom. The van der Waals surface area contributed by atoms with Crippen LogP contribution in [0.1, 0.15) is 23.7 Å². The molecular weight excluding hydrogens is 318 g/mol. The highest BCUT2D eigenvalue weighted by molar-refractivity contribution is 6.32. The molecule has 2 rings (SSSR count). The molecule has 1 aromatic carbocycles. The molecule has 0 bridgehead atoms. The quantitative estimate of drug-likeness (QED) is 0.810. The van der Waals surface area contributed by atoms with Crippen LogP contribution in [0.3, 0.4) is 0 Å². The summed E-state index contributed by atoms with van der Waals surface area (Å²) in [5.74, 6) is -0.281. The zero-order valence-corrected chi connectivity index (χ0v) is 13.9. The molecule has 1 aromatic heterocycles. The molecule has 7 heteroatoms. The van der Waals surface area contributed by atoms with Gasteiger partial charge in [-0.3, -0.25) is 4.79 Å². The molecule has 6 nitrogen and oxygen atoms in total. The Labute approximate surface area is 140 Å². The molecule has 0 spiro atoms. The van der Waals surface area contributed by atoms with E-state index in [1.165, 1.54) is 6.20 Å². The van der Waals surface area contributed by atoms with Crippen LogP contribution < -0.4 is 5.32 Å². The van der Waals surface area contributed by atoms with Crippen molar-refractivity contribution in [3.8, 4) is 5.69 Å². The van der Waals surface area contributed by atoms with Crippen LogP contribution in [0.25, 0.3) is 5.69 Å². The summed E-state index contributed by atoms with van der Waals surface area (Å²) in [6.45, 7) is 2.08. The van der Waals surface area contributed by atoms with Crippen LogP contribution in [0.2, 0.25) is 5.02 Å². The van der Waals surface area contributed by atoms with Gasteiger partial charge in [0.1, 0.15) is 0 Å². The zero-order valence-electron chi connectivity index (χ0n) is 13.1. The van der Waals surface area contributed by atoms with Crippen LogP contribution >= 0.6 is 11.6 Å². The second kappa shape index (κ2) is 7.59. The minimum atomic E-state index is -0.646. The number of hydrogen-bond donors (Lipinski definition) is 2. The average molecular weight is 338 g/mol. The van der Waals surface area contributed by atoms with Crippen LogP contribution in [-0.4, -0.2) is 46.7 Å². The molecule has 2 aromatic rings. The molecule has 1 atom stereocenters. The van der Waals surface area contributed by atoms with Crippen LogP contribution in [0, 0.1) is 0 Å². The molecule has 23 heavy (non-hydrogen) atoms. The van der Waals surface area contributed by atoms with E-state index in [2.05, 4.69) is 10.4 Å². The summed E-state index contributed by atoms with van der Waals surface area (Å²) in [6.07, 6.45) is 3.48. The lowest BCUT2D eigenvalue weighted by atomic mass is 9.99. The standard InChI is InChI=1S/C16H20ClN3O3/c1-16(7-8-21,11-23-2)19-15(22)12-9-18-20(10-12)14-6-4-3-5-13(14)17/h3-6,9-10,21H,7-8,11H2,1-2H3,(H,19,22). The summed E-state index contributed by atoms with van der Waals surface area (Å²) < 4.78 is 6.67.